The van der Waals surface area contributed by atoms with E-state index < -0.39 is 29.7 Å². The molecule has 0 saturated heterocycles. The Bertz CT molecular complexity index is 1250. The minimum Gasteiger partial charge on any atom is -0.466 e. The molecule has 172 valence electrons. The molecule has 10 heteroatoms. The Labute approximate surface area is 192 Å². The molecule has 0 spiro atoms. The number of carbonyl (C=O) groups is 2. The summed E-state index contributed by atoms with van der Waals surface area (Å²) in [6.07, 6.45) is -0.677. The zero-order chi connectivity index (χ0) is 23.9. The predicted molar refractivity (Wildman–Crippen MR) is 117 cm³/mol. The van der Waals surface area contributed by atoms with Gasteiger partial charge in [0.1, 0.15) is 11.9 Å². The van der Waals surface area contributed by atoms with Gasteiger partial charge in [0.05, 0.1) is 41.0 Å². The Balaban J connectivity index is 1.76. The fourth-order valence-electron chi connectivity index (χ4n) is 4.34. The molecular weight excluding hydrogens is 452 g/mol. The smallest absolute Gasteiger partial charge is 0.338 e. The van der Waals surface area contributed by atoms with Crippen LogP contribution in [0.5, 0.6) is 0 Å². The lowest BCUT2D eigenvalue weighted by Crippen LogP contribution is -2.39. The zero-order valence-electron chi connectivity index (χ0n) is 17.9. The molecule has 7 nitrogen and oxygen atoms in total. The summed E-state index contributed by atoms with van der Waals surface area (Å²) in [6.45, 7) is 1.47. The highest BCUT2D eigenvalue weighted by molar-refractivity contribution is 7.17. The lowest BCUT2D eigenvalue weighted by molar-refractivity contribution is -0.154. The van der Waals surface area contributed by atoms with Crippen LogP contribution in [0.4, 0.5) is 8.78 Å². The van der Waals surface area contributed by atoms with Crippen LogP contribution in [0, 0.1) is 17.2 Å². The van der Waals surface area contributed by atoms with Crippen LogP contribution in [-0.2, 0) is 19.1 Å². The lowest BCUT2D eigenvalue weighted by atomic mass is 9.80. The second-order valence-corrected chi connectivity index (χ2v) is 9.01. The van der Waals surface area contributed by atoms with Crippen molar-refractivity contribution in [2.45, 2.75) is 31.6 Å². The highest BCUT2D eigenvalue weighted by atomic mass is 32.1. The average Bonchev–Trinajstić information content (AvgIpc) is 3.19. The van der Waals surface area contributed by atoms with E-state index in [9.17, 15) is 23.6 Å². The number of nitrogens with one attached hydrogen (secondary N) is 1. The molecule has 4 rings (SSSR count). The maximum atomic E-state index is 13.2. The Hall–Kier alpha value is -3.45. The minimum absolute atomic E-state index is 0.00452. The highest BCUT2D eigenvalue weighted by Gasteiger charge is 2.46. The van der Waals surface area contributed by atoms with Crippen molar-refractivity contribution >= 4 is 33.4 Å². The van der Waals surface area contributed by atoms with Crippen molar-refractivity contribution in [2.75, 3.05) is 13.7 Å². The first-order valence-corrected chi connectivity index (χ1v) is 11.1. The van der Waals surface area contributed by atoms with Crippen LogP contribution >= 0.6 is 11.3 Å². The summed E-state index contributed by atoms with van der Waals surface area (Å²) in [5.74, 6) is -5.53. The number of dihydropyridines is 1. The number of carbonyl (C=O) groups excluding carboxylic acids is 2. The van der Waals surface area contributed by atoms with Gasteiger partial charge >= 0.3 is 11.9 Å². The second-order valence-electron chi connectivity index (χ2n) is 8.13. The number of alkyl halides is 2. The summed E-state index contributed by atoms with van der Waals surface area (Å²) in [6, 6.07) is 7.33. The molecule has 0 radical (unpaired) electrons. The van der Waals surface area contributed by atoms with Crippen molar-refractivity contribution in [2.24, 2.45) is 11.7 Å². The molecule has 3 N–H and O–H groups in total. The number of halogens is 2. The summed E-state index contributed by atoms with van der Waals surface area (Å²) in [5, 5.41) is 14.7. The number of fused-ring (bicyclic) bond motifs is 1. The van der Waals surface area contributed by atoms with Crippen LogP contribution in [0.15, 0.2) is 46.2 Å². The lowest BCUT2D eigenvalue weighted by Gasteiger charge is -2.35. The van der Waals surface area contributed by atoms with Gasteiger partial charge in [-0.25, -0.2) is 18.4 Å². The monoisotopic (exact) mass is 473 g/mol. The molecule has 2 aromatic rings. The predicted octanol–water partition coefficient (Wildman–Crippen LogP) is 3.67. The Morgan fingerprint density at radius 3 is 2.67 bits per heavy atom. The fourth-order valence-corrected chi connectivity index (χ4v) is 5.40. The van der Waals surface area contributed by atoms with E-state index in [2.05, 4.69) is 11.4 Å². The molecule has 0 bridgehead atoms. The topological polar surface area (TPSA) is 114 Å². The summed E-state index contributed by atoms with van der Waals surface area (Å²) < 4.78 is 37.3. The maximum absolute atomic E-state index is 13.2. The molecule has 1 atom stereocenters. The Kier molecular flexibility index (Phi) is 5.84. The van der Waals surface area contributed by atoms with Gasteiger partial charge in [-0.1, -0.05) is 12.1 Å². The molecule has 1 unspecified atom stereocenters. The Morgan fingerprint density at radius 1 is 1.30 bits per heavy atom. The first-order valence-electron chi connectivity index (χ1n) is 10.2. The van der Waals surface area contributed by atoms with Crippen molar-refractivity contribution in [3.8, 4) is 6.07 Å². The fraction of sp³-hybridized carbons (Fsp3) is 0.348. The number of esters is 2. The molecule has 1 aliphatic carbocycles. The van der Waals surface area contributed by atoms with Gasteiger partial charge < -0.3 is 20.5 Å². The van der Waals surface area contributed by atoms with E-state index >= 15 is 0 Å². The molecule has 1 fully saturated rings. The number of nitrogens with zero attached hydrogens (tertiary/aromatic N) is 1. The zero-order valence-corrected chi connectivity index (χ0v) is 18.7. The van der Waals surface area contributed by atoms with Crippen LogP contribution in [0.2, 0.25) is 0 Å². The average molecular weight is 474 g/mol. The van der Waals surface area contributed by atoms with Crippen LogP contribution in [0.25, 0.3) is 10.1 Å². The van der Waals surface area contributed by atoms with Crippen molar-refractivity contribution in [1.29, 1.82) is 5.26 Å². The van der Waals surface area contributed by atoms with E-state index in [1.165, 1.54) is 18.4 Å². The van der Waals surface area contributed by atoms with Crippen molar-refractivity contribution in [3.63, 3.8) is 0 Å². The molecule has 2 heterocycles. The van der Waals surface area contributed by atoms with E-state index in [4.69, 9.17) is 15.2 Å². The number of nitriles is 1. The Morgan fingerprint density at radius 2 is 2.03 bits per heavy atom. The normalized spacial score (nSPS) is 20.2. The number of allylic oxidation sites excluding steroid dienone is 1. The van der Waals surface area contributed by atoms with Gasteiger partial charge in [-0.3, -0.25) is 0 Å². The number of benzene rings is 1. The molecule has 1 aromatic heterocycles. The van der Waals surface area contributed by atoms with Gasteiger partial charge in [0.2, 0.25) is 5.92 Å². The van der Waals surface area contributed by atoms with Gasteiger partial charge in [0, 0.05) is 24.5 Å². The number of methoxy groups -OCH3 is 1. The first kappa shape index (κ1) is 22.7. The third-order valence-corrected chi connectivity index (χ3v) is 6.95. The molecule has 33 heavy (non-hydrogen) atoms. The van der Waals surface area contributed by atoms with Gasteiger partial charge in [-0.05, 0) is 29.3 Å². The molecule has 1 aromatic carbocycles. The van der Waals surface area contributed by atoms with E-state index in [1.54, 1.807) is 30.5 Å². The van der Waals surface area contributed by atoms with Gasteiger partial charge in [-0.15, -0.1) is 11.3 Å². The number of thiophene rings is 1. The number of hydrogen-bond donors (Lipinski definition) is 2. The summed E-state index contributed by atoms with van der Waals surface area (Å²) >= 11 is 1.31. The second kappa shape index (κ2) is 8.48. The van der Waals surface area contributed by atoms with Crippen molar-refractivity contribution in [3.05, 3.63) is 57.4 Å². The third kappa shape index (κ3) is 4.04. The SMILES string of the molecule is COC(=O)C1=C(C)NC(N)=C(C(=O)OCC2CC(F)(F)C2)C1c1csc2c(C#N)cccc12. The molecule has 1 aliphatic heterocycles. The molecular formula is C23H21F2N3O4S. The number of nitrogens with two attached hydrogens (primary N) is 1. The van der Waals surface area contributed by atoms with E-state index in [0.717, 1.165) is 0 Å². The van der Waals surface area contributed by atoms with Crippen molar-refractivity contribution < 1.29 is 27.8 Å². The highest BCUT2D eigenvalue weighted by Crippen LogP contribution is 2.45. The van der Waals surface area contributed by atoms with Crippen molar-refractivity contribution in [1.82, 2.24) is 5.32 Å². The number of hydrogen-bond acceptors (Lipinski definition) is 8. The molecule has 0 amide bonds. The van der Waals surface area contributed by atoms with Crippen LogP contribution in [0.1, 0.15) is 36.8 Å². The van der Waals surface area contributed by atoms with Crippen LogP contribution in [0.3, 0.4) is 0 Å². The number of rotatable bonds is 5. The number of ether oxygens (including phenoxy) is 2. The molecule has 2 aliphatic rings. The maximum Gasteiger partial charge on any atom is 0.338 e. The molecule has 1 saturated carbocycles. The summed E-state index contributed by atoms with van der Waals surface area (Å²) in [4.78, 5) is 25.9. The van der Waals surface area contributed by atoms with E-state index in [1.807, 2.05) is 0 Å². The standard InChI is InChI=1S/C23H21F2N3O4S/c1-11-16(21(29)31-2)17(15-10-33-19-13(8-26)4-3-5-14(15)19)18(20(27)28-11)22(30)32-9-12-6-23(24,25)7-12/h3-5,10,12,17,28H,6-7,9,27H2,1-2H3. The third-order valence-electron chi connectivity index (χ3n) is 5.90. The first-order chi connectivity index (χ1) is 15.7. The summed E-state index contributed by atoms with van der Waals surface area (Å²) in [5.41, 5.74) is 7.82. The van der Waals surface area contributed by atoms with Crippen LogP contribution < -0.4 is 11.1 Å². The van der Waals surface area contributed by atoms with Gasteiger partial charge in [0.25, 0.3) is 0 Å². The van der Waals surface area contributed by atoms with Gasteiger partial charge in [0.15, 0.2) is 0 Å². The van der Waals surface area contributed by atoms with Gasteiger partial charge in [-0.2, -0.15) is 5.26 Å². The minimum atomic E-state index is -2.73. The van der Waals surface area contributed by atoms with Crippen LogP contribution in [-0.4, -0.2) is 31.6 Å². The van der Waals surface area contributed by atoms with E-state index in [0.29, 0.717) is 26.9 Å². The quantitative estimate of drug-likeness (QED) is 0.637. The summed E-state index contributed by atoms with van der Waals surface area (Å²) in [7, 11) is 1.23. The van der Waals surface area contributed by atoms with E-state index in [-0.39, 0.29) is 36.4 Å². The largest absolute Gasteiger partial charge is 0.466 e.